The van der Waals surface area contributed by atoms with Crippen LogP contribution in [0, 0.1) is 10.1 Å². The van der Waals surface area contributed by atoms with E-state index in [4.69, 9.17) is 4.74 Å². The van der Waals surface area contributed by atoms with Gasteiger partial charge >= 0.3 is 5.97 Å². The number of hydrogen-bond acceptors (Lipinski definition) is 5. The van der Waals surface area contributed by atoms with E-state index in [2.05, 4.69) is 0 Å². The Morgan fingerprint density at radius 3 is 2.57 bits per heavy atom. The van der Waals surface area contributed by atoms with E-state index in [1.54, 1.807) is 26.8 Å². The zero-order valence-corrected chi connectivity index (χ0v) is 13.7. The second kappa shape index (κ2) is 6.24. The summed E-state index contributed by atoms with van der Waals surface area (Å²) in [6.07, 6.45) is 5.77. The van der Waals surface area contributed by atoms with Crippen LogP contribution in [0.2, 0.25) is 0 Å². The van der Waals surface area contributed by atoms with Crippen LogP contribution in [-0.2, 0) is 4.74 Å². The van der Waals surface area contributed by atoms with Crippen LogP contribution < -0.4 is 0 Å². The van der Waals surface area contributed by atoms with Crippen LogP contribution in [0.15, 0.2) is 36.6 Å². The van der Waals surface area contributed by atoms with Gasteiger partial charge in [0.1, 0.15) is 11.2 Å². The number of esters is 1. The van der Waals surface area contributed by atoms with Crippen LogP contribution in [0.25, 0.3) is 5.57 Å². The topological polar surface area (TPSA) is 72.7 Å². The van der Waals surface area contributed by atoms with Crippen molar-refractivity contribution in [1.29, 1.82) is 0 Å². The largest absolute Gasteiger partial charge is 0.456 e. The first-order chi connectivity index (χ1) is 10.7. The fraction of sp³-hybridized carbons (Fsp3) is 0.353. The second-order valence-corrected chi connectivity index (χ2v) is 6.41. The molecule has 0 bridgehead atoms. The van der Waals surface area contributed by atoms with Gasteiger partial charge < -0.3 is 9.64 Å². The predicted molar refractivity (Wildman–Crippen MR) is 88.0 cm³/mol. The lowest BCUT2D eigenvalue weighted by Crippen LogP contribution is -2.24. The van der Waals surface area contributed by atoms with E-state index in [1.165, 1.54) is 12.1 Å². The molecule has 0 unspecified atom stereocenters. The molecule has 0 aliphatic carbocycles. The molecule has 6 heteroatoms. The van der Waals surface area contributed by atoms with Crippen LogP contribution in [0.3, 0.4) is 0 Å². The quantitative estimate of drug-likeness (QED) is 0.485. The summed E-state index contributed by atoms with van der Waals surface area (Å²) in [6.45, 7) is 5.89. The molecule has 1 aliphatic rings. The molecule has 0 spiro atoms. The minimum Gasteiger partial charge on any atom is -0.456 e. The summed E-state index contributed by atoms with van der Waals surface area (Å²) >= 11 is 0. The zero-order valence-electron chi connectivity index (χ0n) is 13.7. The Labute approximate surface area is 135 Å². The standard InChI is InChI=1S/C17H20N2O4/c1-17(2,3)23-16(20)14-6-5-13(11-15(14)19(21)22)12-7-9-18(4)10-8-12/h5-9,11H,10H2,1-4H3. The Balaban J connectivity index is 2.38. The molecular formula is C17H20N2O4. The van der Waals surface area contributed by atoms with Gasteiger partial charge in [-0.1, -0.05) is 12.1 Å². The number of allylic oxidation sites excluding steroid dienone is 2. The summed E-state index contributed by atoms with van der Waals surface area (Å²) in [6, 6.07) is 4.57. The van der Waals surface area contributed by atoms with Crippen molar-refractivity contribution in [3.05, 3.63) is 57.8 Å². The molecule has 23 heavy (non-hydrogen) atoms. The molecule has 0 amide bonds. The highest BCUT2D eigenvalue weighted by Crippen LogP contribution is 2.28. The number of carbonyl (C=O) groups is 1. The van der Waals surface area contributed by atoms with Gasteiger partial charge in [-0.05, 0) is 50.3 Å². The van der Waals surface area contributed by atoms with Gasteiger partial charge in [-0.2, -0.15) is 0 Å². The number of hydrogen-bond donors (Lipinski definition) is 0. The fourth-order valence-corrected chi connectivity index (χ4v) is 2.16. The lowest BCUT2D eigenvalue weighted by Gasteiger charge is -2.20. The third-order valence-corrected chi connectivity index (χ3v) is 3.25. The Morgan fingerprint density at radius 1 is 1.35 bits per heavy atom. The Bertz CT molecular complexity index is 699. The summed E-state index contributed by atoms with van der Waals surface area (Å²) in [7, 11) is 1.94. The first-order valence-electron chi connectivity index (χ1n) is 7.28. The van der Waals surface area contributed by atoms with E-state index in [0.717, 1.165) is 12.1 Å². The zero-order chi connectivity index (χ0) is 17.2. The highest BCUT2D eigenvalue weighted by Gasteiger charge is 2.26. The van der Waals surface area contributed by atoms with E-state index in [-0.39, 0.29) is 11.3 Å². The van der Waals surface area contributed by atoms with Crippen molar-refractivity contribution in [1.82, 2.24) is 4.90 Å². The number of nitro groups is 1. The van der Waals surface area contributed by atoms with Gasteiger partial charge in [0.05, 0.1) is 4.92 Å². The molecule has 1 aromatic rings. The summed E-state index contributed by atoms with van der Waals surface area (Å²) in [4.78, 5) is 24.9. The van der Waals surface area contributed by atoms with Gasteiger partial charge in [-0.15, -0.1) is 0 Å². The molecule has 0 atom stereocenters. The van der Waals surface area contributed by atoms with Gasteiger partial charge in [-0.3, -0.25) is 10.1 Å². The predicted octanol–water partition coefficient (Wildman–Crippen LogP) is 3.39. The number of nitro benzene ring substituents is 1. The minimum atomic E-state index is -0.706. The van der Waals surface area contributed by atoms with Crippen LogP contribution in [0.1, 0.15) is 36.7 Å². The molecule has 0 aromatic heterocycles. The fourth-order valence-electron chi connectivity index (χ4n) is 2.16. The molecule has 122 valence electrons. The van der Waals surface area contributed by atoms with E-state index in [0.29, 0.717) is 5.56 Å². The van der Waals surface area contributed by atoms with Crippen LogP contribution in [0.4, 0.5) is 5.69 Å². The normalized spacial score (nSPS) is 14.4. The van der Waals surface area contributed by atoms with E-state index in [1.807, 2.05) is 30.3 Å². The molecular weight excluding hydrogens is 296 g/mol. The number of rotatable bonds is 3. The first kappa shape index (κ1) is 16.7. The smallest absolute Gasteiger partial charge is 0.345 e. The molecule has 0 saturated heterocycles. The molecule has 0 fully saturated rings. The lowest BCUT2D eigenvalue weighted by atomic mass is 10.0. The lowest BCUT2D eigenvalue weighted by molar-refractivity contribution is -0.385. The summed E-state index contributed by atoms with van der Waals surface area (Å²) in [5.41, 5.74) is 0.606. The van der Waals surface area contributed by atoms with Crippen molar-refractivity contribution in [2.45, 2.75) is 26.4 Å². The average molecular weight is 316 g/mol. The van der Waals surface area contributed by atoms with Gasteiger partial charge in [0.2, 0.25) is 0 Å². The number of carbonyl (C=O) groups excluding carboxylic acids is 1. The minimum absolute atomic E-state index is 0.0359. The molecule has 0 N–H and O–H groups in total. The van der Waals surface area contributed by atoms with Crippen LogP contribution >= 0.6 is 0 Å². The van der Waals surface area contributed by atoms with Gasteiger partial charge in [0.25, 0.3) is 5.69 Å². The number of nitrogens with zero attached hydrogens (tertiary/aromatic N) is 2. The summed E-state index contributed by atoms with van der Waals surface area (Å²) in [5, 5.41) is 11.3. The van der Waals surface area contributed by atoms with Crippen molar-refractivity contribution in [3.8, 4) is 0 Å². The third kappa shape index (κ3) is 4.18. The molecule has 1 aliphatic heterocycles. The maximum absolute atomic E-state index is 12.2. The van der Waals surface area contributed by atoms with Gasteiger partial charge in [0, 0.05) is 19.7 Å². The molecule has 1 heterocycles. The Hall–Kier alpha value is -2.63. The maximum atomic E-state index is 12.2. The molecule has 0 radical (unpaired) electrons. The monoisotopic (exact) mass is 316 g/mol. The second-order valence-electron chi connectivity index (χ2n) is 6.41. The molecule has 2 rings (SSSR count). The molecule has 0 saturated carbocycles. The molecule has 1 aromatic carbocycles. The summed E-state index contributed by atoms with van der Waals surface area (Å²) in [5.74, 6) is -0.691. The Kier molecular flexibility index (Phi) is 4.54. The van der Waals surface area contributed by atoms with Crippen molar-refractivity contribution in [2.75, 3.05) is 13.6 Å². The molecule has 6 nitrogen and oxygen atoms in total. The summed E-state index contributed by atoms with van der Waals surface area (Å²) < 4.78 is 5.24. The van der Waals surface area contributed by atoms with E-state index in [9.17, 15) is 14.9 Å². The van der Waals surface area contributed by atoms with Crippen molar-refractivity contribution in [3.63, 3.8) is 0 Å². The third-order valence-electron chi connectivity index (χ3n) is 3.25. The number of likely N-dealkylation sites (N-methyl/N-ethyl adjacent to an activating group) is 1. The highest BCUT2D eigenvalue weighted by atomic mass is 16.6. The van der Waals surface area contributed by atoms with E-state index >= 15 is 0 Å². The van der Waals surface area contributed by atoms with Crippen LogP contribution in [-0.4, -0.2) is 35.0 Å². The Morgan fingerprint density at radius 2 is 2.04 bits per heavy atom. The average Bonchev–Trinajstić information content (AvgIpc) is 2.45. The van der Waals surface area contributed by atoms with Gasteiger partial charge in [-0.25, -0.2) is 4.79 Å². The van der Waals surface area contributed by atoms with Crippen molar-refractivity contribution < 1.29 is 14.5 Å². The number of ether oxygens (including phenoxy) is 1. The van der Waals surface area contributed by atoms with Crippen molar-refractivity contribution >= 4 is 17.2 Å². The van der Waals surface area contributed by atoms with Gasteiger partial charge in [0.15, 0.2) is 0 Å². The van der Waals surface area contributed by atoms with Crippen molar-refractivity contribution in [2.24, 2.45) is 0 Å². The number of benzene rings is 1. The highest BCUT2D eigenvalue weighted by molar-refractivity contribution is 5.95. The van der Waals surface area contributed by atoms with E-state index < -0.39 is 16.5 Å². The maximum Gasteiger partial charge on any atom is 0.345 e. The first-order valence-corrected chi connectivity index (χ1v) is 7.28. The SMILES string of the molecule is CN1C=CC(c2ccc(C(=O)OC(C)(C)C)c([N+](=O)[O-])c2)=CC1. The van der Waals surface area contributed by atoms with Crippen LogP contribution in [0.5, 0.6) is 0 Å².